The molecule has 0 spiro atoms. The van der Waals surface area contributed by atoms with Gasteiger partial charge in [0.15, 0.2) is 0 Å². The minimum absolute atomic E-state index is 0.0479. The fourth-order valence-corrected chi connectivity index (χ4v) is 2.96. The maximum absolute atomic E-state index is 11.8. The van der Waals surface area contributed by atoms with Gasteiger partial charge in [0.1, 0.15) is 0 Å². The van der Waals surface area contributed by atoms with Crippen molar-refractivity contribution < 1.29 is 13.9 Å². The quantitative estimate of drug-likeness (QED) is 0.782. The first kappa shape index (κ1) is 16.0. The molecule has 0 bridgehead atoms. The van der Waals surface area contributed by atoms with Crippen LogP contribution in [0.15, 0.2) is 40.0 Å². The van der Waals surface area contributed by atoms with Crippen molar-refractivity contribution in [2.45, 2.75) is 30.6 Å². The molecular weight excluding hydrogens is 314 g/mol. The molecule has 23 heavy (non-hydrogen) atoms. The number of hydrogen-bond donors (Lipinski definition) is 1. The molecule has 122 valence electrons. The Hall–Kier alpha value is -1.86. The molecule has 1 aromatic carbocycles. The molecule has 1 aromatic heterocycles. The highest BCUT2D eigenvalue weighted by atomic mass is 32.2. The smallest absolute Gasteiger partial charge is 0.277 e. The summed E-state index contributed by atoms with van der Waals surface area (Å²) in [5.41, 5.74) is 1.11. The number of thioether (sulfide) groups is 1. The number of nitrogens with zero attached hydrogens (tertiary/aromatic N) is 2. The molecule has 6 nitrogen and oxygen atoms in total. The van der Waals surface area contributed by atoms with Gasteiger partial charge in [-0.25, -0.2) is 0 Å². The minimum atomic E-state index is -0.0479. The number of benzene rings is 1. The third kappa shape index (κ3) is 5.07. The summed E-state index contributed by atoms with van der Waals surface area (Å²) >= 11 is 1.25. The molecule has 1 aliphatic rings. The highest BCUT2D eigenvalue weighted by Crippen LogP contribution is 2.17. The normalized spacial score (nSPS) is 17.3. The lowest BCUT2D eigenvalue weighted by Gasteiger charge is -2.09. The predicted octanol–water partition coefficient (Wildman–Crippen LogP) is 2.05. The van der Waals surface area contributed by atoms with Crippen LogP contribution < -0.4 is 5.32 Å². The maximum atomic E-state index is 11.8. The molecule has 7 heteroatoms. The molecule has 1 saturated heterocycles. The topological polar surface area (TPSA) is 77.2 Å². The van der Waals surface area contributed by atoms with E-state index in [1.54, 1.807) is 0 Å². The number of carbonyl (C=O) groups excluding carboxylic acids is 1. The van der Waals surface area contributed by atoms with Crippen LogP contribution in [0.4, 0.5) is 0 Å². The maximum Gasteiger partial charge on any atom is 0.277 e. The van der Waals surface area contributed by atoms with Gasteiger partial charge in [-0.3, -0.25) is 4.79 Å². The first-order chi connectivity index (χ1) is 11.3. The van der Waals surface area contributed by atoms with Crippen molar-refractivity contribution in [3.05, 3.63) is 41.8 Å². The molecule has 1 unspecified atom stereocenters. The monoisotopic (exact) mass is 333 g/mol. The van der Waals surface area contributed by atoms with Crippen molar-refractivity contribution in [2.24, 2.45) is 0 Å². The molecule has 1 fully saturated rings. The number of hydrogen-bond acceptors (Lipinski definition) is 6. The lowest BCUT2D eigenvalue weighted by molar-refractivity contribution is -0.119. The predicted molar refractivity (Wildman–Crippen MR) is 86.3 cm³/mol. The van der Waals surface area contributed by atoms with Crippen molar-refractivity contribution in [1.29, 1.82) is 0 Å². The highest BCUT2D eigenvalue weighted by Gasteiger charge is 2.16. The Bertz CT molecular complexity index is 627. The largest absolute Gasteiger partial charge is 0.416 e. The first-order valence-corrected chi connectivity index (χ1v) is 8.65. The van der Waals surface area contributed by atoms with Crippen molar-refractivity contribution in [3.63, 3.8) is 0 Å². The number of nitrogens with one attached hydrogen (secondary N) is 1. The van der Waals surface area contributed by atoms with Gasteiger partial charge in [-0.2, -0.15) is 0 Å². The Labute approximate surface area is 139 Å². The molecule has 1 amide bonds. The van der Waals surface area contributed by atoms with Crippen LogP contribution in [0.25, 0.3) is 0 Å². The second-order valence-corrected chi connectivity index (χ2v) is 6.28. The molecule has 2 aromatic rings. The number of ether oxygens (including phenoxy) is 1. The zero-order valence-corrected chi connectivity index (χ0v) is 13.6. The molecule has 1 N–H and O–H groups in total. The summed E-state index contributed by atoms with van der Waals surface area (Å²) in [6, 6.07) is 9.93. The molecule has 0 saturated carbocycles. The highest BCUT2D eigenvalue weighted by molar-refractivity contribution is 7.99. The van der Waals surface area contributed by atoms with Crippen LogP contribution >= 0.6 is 11.8 Å². The molecular formula is C16H19N3O3S. The van der Waals surface area contributed by atoms with E-state index in [0.29, 0.717) is 24.1 Å². The second kappa shape index (κ2) is 8.12. The van der Waals surface area contributed by atoms with Gasteiger partial charge >= 0.3 is 0 Å². The summed E-state index contributed by atoms with van der Waals surface area (Å²) in [6.45, 7) is 1.37. The summed E-state index contributed by atoms with van der Waals surface area (Å²) in [5, 5.41) is 11.3. The molecule has 1 aliphatic heterocycles. The van der Waals surface area contributed by atoms with Gasteiger partial charge in [-0.1, -0.05) is 42.1 Å². The van der Waals surface area contributed by atoms with E-state index in [1.165, 1.54) is 11.8 Å². The molecule has 1 atom stereocenters. The Morgan fingerprint density at radius 3 is 2.96 bits per heavy atom. The van der Waals surface area contributed by atoms with Gasteiger partial charge in [-0.15, -0.1) is 10.2 Å². The SMILES string of the molecule is O=C(CSc1nnc(Cc2ccccc2)o1)NCC1CCCO1. The van der Waals surface area contributed by atoms with E-state index in [1.807, 2.05) is 30.3 Å². The van der Waals surface area contributed by atoms with Crippen LogP contribution in [0.5, 0.6) is 0 Å². The van der Waals surface area contributed by atoms with Crippen LogP contribution in [0.1, 0.15) is 24.3 Å². The van der Waals surface area contributed by atoms with Gasteiger partial charge in [0.25, 0.3) is 5.22 Å². The summed E-state index contributed by atoms with van der Waals surface area (Å²) in [7, 11) is 0. The molecule has 0 radical (unpaired) electrons. The van der Waals surface area contributed by atoms with Crippen LogP contribution in [-0.2, 0) is 16.0 Å². The molecule has 3 rings (SSSR count). The van der Waals surface area contributed by atoms with E-state index >= 15 is 0 Å². The van der Waals surface area contributed by atoms with E-state index < -0.39 is 0 Å². The Balaban J connectivity index is 1.41. The summed E-state index contributed by atoms with van der Waals surface area (Å²) in [5.74, 6) is 0.770. The second-order valence-electron chi connectivity index (χ2n) is 5.35. The van der Waals surface area contributed by atoms with E-state index in [-0.39, 0.29) is 17.8 Å². The van der Waals surface area contributed by atoms with Gasteiger partial charge in [0.2, 0.25) is 11.8 Å². The zero-order chi connectivity index (χ0) is 15.9. The van der Waals surface area contributed by atoms with E-state index in [4.69, 9.17) is 9.15 Å². The number of carbonyl (C=O) groups is 1. The van der Waals surface area contributed by atoms with Crippen molar-refractivity contribution in [3.8, 4) is 0 Å². The summed E-state index contributed by atoms with van der Waals surface area (Å²) < 4.78 is 11.0. The standard InChI is InChI=1S/C16H19N3O3S/c20-14(17-10-13-7-4-8-21-13)11-23-16-19-18-15(22-16)9-12-5-2-1-3-6-12/h1-3,5-6,13H,4,7-11H2,(H,17,20). The zero-order valence-electron chi connectivity index (χ0n) is 12.7. The molecule has 0 aliphatic carbocycles. The van der Waals surface area contributed by atoms with Gasteiger partial charge in [0.05, 0.1) is 18.3 Å². The minimum Gasteiger partial charge on any atom is -0.416 e. The Morgan fingerprint density at radius 1 is 1.30 bits per heavy atom. The third-order valence-corrected chi connectivity index (χ3v) is 4.34. The van der Waals surface area contributed by atoms with Crippen LogP contribution in [-0.4, -0.2) is 41.1 Å². The van der Waals surface area contributed by atoms with Crippen molar-refractivity contribution >= 4 is 17.7 Å². The van der Waals surface area contributed by atoms with Gasteiger partial charge in [-0.05, 0) is 18.4 Å². The van der Waals surface area contributed by atoms with Crippen molar-refractivity contribution in [1.82, 2.24) is 15.5 Å². The van der Waals surface area contributed by atoms with E-state index in [2.05, 4.69) is 15.5 Å². The Kier molecular flexibility index (Phi) is 5.65. The fraction of sp³-hybridized carbons (Fsp3) is 0.438. The summed E-state index contributed by atoms with van der Waals surface area (Å²) in [6.07, 6.45) is 2.84. The average Bonchev–Trinajstić information content (AvgIpc) is 3.24. The Morgan fingerprint density at radius 2 is 2.17 bits per heavy atom. The number of rotatable bonds is 7. The van der Waals surface area contributed by atoms with Crippen LogP contribution in [0.3, 0.4) is 0 Å². The number of aromatic nitrogens is 2. The van der Waals surface area contributed by atoms with E-state index in [0.717, 1.165) is 25.0 Å². The lowest BCUT2D eigenvalue weighted by atomic mass is 10.2. The van der Waals surface area contributed by atoms with Crippen molar-refractivity contribution in [2.75, 3.05) is 18.9 Å². The fourth-order valence-electron chi connectivity index (χ4n) is 2.35. The summed E-state index contributed by atoms with van der Waals surface area (Å²) in [4.78, 5) is 11.8. The third-order valence-electron chi connectivity index (χ3n) is 3.52. The lowest BCUT2D eigenvalue weighted by Crippen LogP contribution is -2.32. The van der Waals surface area contributed by atoms with Gasteiger partial charge in [0, 0.05) is 13.2 Å². The van der Waals surface area contributed by atoms with E-state index in [9.17, 15) is 4.79 Å². The van der Waals surface area contributed by atoms with Gasteiger partial charge < -0.3 is 14.5 Å². The van der Waals surface area contributed by atoms with Crippen LogP contribution in [0, 0.1) is 0 Å². The number of amides is 1. The molecule has 2 heterocycles. The average molecular weight is 333 g/mol. The van der Waals surface area contributed by atoms with Crippen LogP contribution in [0.2, 0.25) is 0 Å². The first-order valence-electron chi connectivity index (χ1n) is 7.67.